The van der Waals surface area contributed by atoms with Crippen LogP contribution < -0.4 is 5.32 Å². The first-order valence-electron chi connectivity index (χ1n) is 5.92. The lowest BCUT2D eigenvalue weighted by Crippen LogP contribution is -2.65. The van der Waals surface area contributed by atoms with Crippen LogP contribution in [-0.2, 0) is 14.3 Å². The molecule has 0 aromatic rings. The molecule has 1 heterocycles. The van der Waals surface area contributed by atoms with Gasteiger partial charge in [0, 0.05) is 13.2 Å². The van der Waals surface area contributed by atoms with Crippen molar-refractivity contribution in [2.24, 2.45) is 0 Å². The average Bonchev–Trinajstić information content (AvgIpc) is 2.11. The van der Waals surface area contributed by atoms with Crippen LogP contribution in [0.25, 0.3) is 0 Å². The highest BCUT2D eigenvalue weighted by molar-refractivity contribution is 5.97. The first-order chi connectivity index (χ1) is 7.68. The summed E-state index contributed by atoms with van der Waals surface area (Å²) in [6, 6.07) is 0. The normalized spacial score (nSPS) is 20.4. The molecular weight excluding hydrogens is 220 g/mol. The van der Waals surface area contributed by atoms with Gasteiger partial charge in [0.25, 0.3) is 0 Å². The molecule has 1 aliphatic rings. The summed E-state index contributed by atoms with van der Waals surface area (Å²) in [5, 5.41) is 2.68. The molecule has 0 atom stereocenters. The molecule has 0 bridgehead atoms. The Morgan fingerprint density at radius 3 is 2.53 bits per heavy atom. The molecule has 0 aromatic heterocycles. The SMILES string of the molecule is CCOC(C)(C)CN1CC(=O)NC(C)(C)C1=O. The summed E-state index contributed by atoms with van der Waals surface area (Å²) in [4.78, 5) is 25.2. The average molecular weight is 242 g/mol. The zero-order valence-corrected chi connectivity index (χ0v) is 11.3. The van der Waals surface area contributed by atoms with Gasteiger partial charge in [-0.2, -0.15) is 0 Å². The molecule has 17 heavy (non-hydrogen) atoms. The van der Waals surface area contributed by atoms with Crippen molar-refractivity contribution in [2.45, 2.75) is 45.8 Å². The van der Waals surface area contributed by atoms with Gasteiger partial charge in [-0.1, -0.05) is 0 Å². The zero-order chi connectivity index (χ0) is 13.3. The van der Waals surface area contributed by atoms with Gasteiger partial charge in [0.15, 0.2) is 0 Å². The number of nitrogens with zero attached hydrogens (tertiary/aromatic N) is 1. The highest BCUT2D eigenvalue weighted by atomic mass is 16.5. The van der Waals surface area contributed by atoms with E-state index in [-0.39, 0.29) is 18.4 Å². The second kappa shape index (κ2) is 4.64. The summed E-state index contributed by atoms with van der Waals surface area (Å²) < 4.78 is 5.56. The Kier molecular flexibility index (Phi) is 3.81. The maximum Gasteiger partial charge on any atom is 0.248 e. The maximum atomic E-state index is 12.1. The van der Waals surface area contributed by atoms with Gasteiger partial charge < -0.3 is 15.0 Å². The van der Waals surface area contributed by atoms with Gasteiger partial charge in [-0.05, 0) is 34.6 Å². The number of piperazine rings is 1. The summed E-state index contributed by atoms with van der Waals surface area (Å²) in [5.74, 6) is -0.188. The quantitative estimate of drug-likeness (QED) is 0.782. The predicted octanol–water partition coefficient (Wildman–Crippen LogP) is 0.538. The number of amides is 2. The lowest BCUT2D eigenvalue weighted by molar-refractivity contribution is -0.152. The second-order valence-electron chi connectivity index (χ2n) is 5.53. The molecule has 0 radical (unpaired) electrons. The van der Waals surface area contributed by atoms with E-state index in [0.717, 1.165) is 0 Å². The molecule has 5 heteroatoms. The molecule has 1 fully saturated rings. The Labute approximate surface area is 102 Å². The van der Waals surface area contributed by atoms with Crippen molar-refractivity contribution in [3.8, 4) is 0 Å². The first kappa shape index (κ1) is 14.0. The Morgan fingerprint density at radius 2 is 2.00 bits per heavy atom. The van der Waals surface area contributed by atoms with E-state index in [1.165, 1.54) is 0 Å². The lowest BCUT2D eigenvalue weighted by Gasteiger charge is -2.40. The van der Waals surface area contributed by atoms with Crippen LogP contribution in [0, 0.1) is 0 Å². The predicted molar refractivity (Wildman–Crippen MR) is 64.5 cm³/mol. The van der Waals surface area contributed by atoms with Gasteiger partial charge in [-0.15, -0.1) is 0 Å². The summed E-state index contributed by atoms with van der Waals surface area (Å²) in [5.41, 5.74) is -1.25. The second-order valence-corrected chi connectivity index (χ2v) is 5.53. The Morgan fingerprint density at radius 1 is 1.41 bits per heavy atom. The molecular formula is C12H22N2O3. The molecule has 0 aliphatic carbocycles. The number of rotatable bonds is 4. The van der Waals surface area contributed by atoms with E-state index in [2.05, 4.69) is 5.32 Å². The Balaban J connectivity index is 2.76. The number of nitrogens with one attached hydrogen (secondary N) is 1. The van der Waals surface area contributed by atoms with E-state index < -0.39 is 11.1 Å². The largest absolute Gasteiger partial charge is 0.374 e. The van der Waals surface area contributed by atoms with Crippen LogP contribution in [0.2, 0.25) is 0 Å². The van der Waals surface area contributed by atoms with E-state index in [9.17, 15) is 9.59 Å². The van der Waals surface area contributed by atoms with E-state index >= 15 is 0 Å². The molecule has 5 nitrogen and oxygen atoms in total. The Bertz CT molecular complexity index is 324. The number of carbonyl (C=O) groups is 2. The van der Waals surface area contributed by atoms with Gasteiger partial charge >= 0.3 is 0 Å². The van der Waals surface area contributed by atoms with Crippen molar-refractivity contribution < 1.29 is 14.3 Å². The van der Waals surface area contributed by atoms with Gasteiger partial charge in [-0.25, -0.2) is 0 Å². The monoisotopic (exact) mass is 242 g/mol. The number of hydrogen-bond donors (Lipinski definition) is 1. The number of hydrogen-bond acceptors (Lipinski definition) is 3. The fourth-order valence-electron chi connectivity index (χ4n) is 2.11. The van der Waals surface area contributed by atoms with Crippen LogP contribution in [0.1, 0.15) is 34.6 Å². The minimum atomic E-state index is -0.822. The van der Waals surface area contributed by atoms with Crippen LogP contribution in [0.3, 0.4) is 0 Å². The van der Waals surface area contributed by atoms with E-state index in [0.29, 0.717) is 13.2 Å². The summed E-state index contributed by atoms with van der Waals surface area (Å²) in [6.07, 6.45) is 0. The van der Waals surface area contributed by atoms with Gasteiger partial charge in [0.05, 0.1) is 12.1 Å². The van der Waals surface area contributed by atoms with E-state index in [4.69, 9.17) is 4.74 Å². The third-order valence-corrected chi connectivity index (χ3v) is 2.71. The molecule has 1 rings (SSSR count). The molecule has 2 amide bonds. The van der Waals surface area contributed by atoms with Crippen molar-refractivity contribution in [1.29, 1.82) is 0 Å². The van der Waals surface area contributed by atoms with Crippen molar-refractivity contribution in [3.63, 3.8) is 0 Å². The molecule has 1 N–H and O–H groups in total. The summed E-state index contributed by atoms with van der Waals surface area (Å²) >= 11 is 0. The van der Waals surface area contributed by atoms with Crippen LogP contribution in [-0.4, -0.2) is 47.6 Å². The number of ether oxygens (including phenoxy) is 1. The third kappa shape index (κ3) is 3.43. The molecule has 98 valence electrons. The fourth-order valence-corrected chi connectivity index (χ4v) is 2.11. The third-order valence-electron chi connectivity index (χ3n) is 2.71. The van der Waals surface area contributed by atoms with Crippen LogP contribution in [0.15, 0.2) is 0 Å². The molecule has 1 aliphatic heterocycles. The highest BCUT2D eigenvalue weighted by Crippen LogP contribution is 2.18. The minimum Gasteiger partial charge on any atom is -0.374 e. The minimum absolute atomic E-state index is 0.0649. The van der Waals surface area contributed by atoms with Crippen molar-refractivity contribution >= 4 is 11.8 Å². The number of carbonyl (C=O) groups excluding carboxylic acids is 2. The molecule has 0 saturated carbocycles. The van der Waals surface area contributed by atoms with Crippen molar-refractivity contribution in [1.82, 2.24) is 10.2 Å². The molecule has 0 unspecified atom stereocenters. The van der Waals surface area contributed by atoms with Crippen LogP contribution >= 0.6 is 0 Å². The standard InChI is InChI=1S/C12H22N2O3/c1-6-17-11(2,3)8-14-7-9(15)13-12(4,5)10(14)16/h6-8H2,1-5H3,(H,13,15). The molecule has 0 spiro atoms. The van der Waals surface area contributed by atoms with E-state index in [1.807, 2.05) is 20.8 Å². The fraction of sp³-hybridized carbons (Fsp3) is 0.833. The summed E-state index contributed by atoms with van der Waals surface area (Å²) in [6.45, 7) is 10.3. The smallest absolute Gasteiger partial charge is 0.248 e. The molecule has 1 saturated heterocycles. The van der Waals surface area contributed by atoms with Crippen molar-refractivity contribution in [3.05, 3.63) is 0 Å². The van der Waals surface area contributed by atoms with E-state index in [1.54, 1.807) is 18.7 Å². The zero-order valence-electron chi connectivity index (χ0n) is 11.3. The van der Waals surface area contributed by atoms with Crippen LogP contribution in [0.4, 0.5) is 0 Å². The van der Waals surface area contributed by atoms with Crippen molar-refractivity contribution in [2.75, 3.05) is 19.7 Å². The maximum absolute atomic E-state index is 12.1. The summed E-state index contributed by atoms with van der Waals surface area (Å²) in [7, 11) is 0. The highest BCUT2D eigenvalue weighted by Gasteiger charge is 2.40. The Hall–Kier alpha value is -1.10. The van der Waals surface area contributed by atoms with Gasteiger partial charge in [-0.3, -0.25) is 9.59 Å². The molecule has 0 aromatic carbocycles. The van der Waals surface area contributed by atoms with Gasteiger partial charge in [0.1, 0.15) is 5.54 Å². The lowest BCUT2D eigenvalue weighted by atomic mass is 9.98. The first-order valence-corrected chi connectivity index (χ1v) is 5.92. The topological polar surface area (TPSA) is 58.6 Å². The van der Waals surface area contributed by atoms with Crippen LogP contribution in [0.5, 0.6) is 0 Å². The van der Waals surface area contributed by atoms with Gasteiger partial charge in [0.2, 0.25) is 11.8 Å².